The van der Waals surface area contributed by atoms with E-state index >= 15 is 0 Å². The number of benzene rings is 1. The largest absolute Gasteiger partial charge is 0.338 e. The van der Waals surface area contributed by atoms with Crippen LogP contribution in [0, 0.1) is 5.82 Å². The van der Waals surface area contributed by atoms with Crippen molar-refractivity contribution in [3.63, 3.8) is 0 Å². The Morgan fingerprint density at radius 3 is 2.52 bits per heavy atom. The van der Waals surface area contributed by atoms with Crippen molar-refractivity contribution in [2.75, 3.05) is 19.3 Å². The molecule has 1 amide bonds. The normalized spacial score (nSPS) is 17.0. The fourth-order valence-corrected chi connectivity index (χ4v) is 3.72. The predicted octanol–water partition coefficient (Wildman–Crippen LogP) is 1.74. The lowest BCUT2D eigenvalue weighted by molar-refractivity contribution is 0.0705. The van der Waals surface area contributed by atoms with E-state index in [1.165, 1.54) is 12.1 Å². The Labute approximate surface area is 131 Å². The Balaban J connectivity index is 2.04. The molecule has 0 unspecified atom stereocenters. The Kier molecular flexibility index (Phi) is 5.00. The van der Waals surface area contributed by atoms with Crippen molar-refractivity contribution < 1.29 is 17.6 Å². The molecule has 8 heteroatoms. The second-order valence-electron chi connectivity index (χ2n) is 5.05. The predicted molar refractivity (Wildman–Crippen MR) is 81.0 cm³/mol. The maximum absolute atomic E-state index is 13.8. The molecule has 116 valence electrons. The molecule has 1 fully saturated rings. The molecule has 0 aromatic heterocycles. The lowest BCUT2D eigenvalue weighted by atomic mass is 10.0. The first-order valence-electron chi connectivity index (χ1n) is 6.48. The molecule has 1 heterocycles. The minimum absolute atomic E-state index is 0.0204. The van der Waals surface area contributed by atoms with E-state index in [1.54, 1.807) is 11.0 Å². The van der Waals surface area contributed by atoms with Crippen LogP contribution in [0.1, 0.15) is 23.2 Å². The Bertz CT molecular complexity index is 623. The first-order valence-corrected chi connectivity index (χ1v) is 9.17. The zero-order chi connectivity index (χ0) is 15.6. The minimum atomic E-state index is -3.25. The van der Waals surface area contributed by atoms with Gasteiger partial charge in [0.1, 0.15) is 5.82 Å². The average molecular weight is 379 g/mol. The zero-order valence-electron chi connectivity index (χ0n) is 11.5. The molecule has 0 aliphatic carbocycles. The highest BCUT2D eigenvalue weighted by Gasteiger charge is 2.27. The van der Waals surface area contributed by atoms with E-state index in [9.17, 15) is 17.6 Å². The van der Waals surface area contributed by atoms with Crippen molar-refractivity contribution in [2.45, 2.75) is 18.9 Å². The lowest BCUT2D eigenvalue weighted by Gasteiger charge is -2.32. The summed E-state index contributed by atoms with van der Waals surface area (Å²) in [5.41, 5.74) is 0.0204. The van der Waals surface area contributed by atoms with Gasteiger partial charge in [-0.05, 0) is 40.9 Å². The SMILES string of the molecule is CS(=O)(=O)NC1CCN(C(=O)c2c(F)cccc2Br)CC1. The summed E-state index contributed by atoms with van der Waals surface area (Å²) in [5.74, 6) is -0.941. The molecule has 0 atom stereocenters. The Hall–Kier alpha value is -0.990. The van der Waals surface area contributed by atoms with Crippen LogP contribution < -0.4 is 4.72 Å². The summed E-state index contributed by atoms with van der Waals surface area (Å²) in [6.45, 7) is 0.791. The van der Waals surface area contributed by atoms with Gasteiger partial charge in [0.25, 0.3) is 5.91 Å². The Morgan fingerprint density at radius 1 is 1.38 bits per heavy atom. The van der Waals surface area contributed by atoms with E-state index in [1.807, 2.05) is 0 Å². The summed E-state index contributed by atoms with van der Waals surface area (Å²) in [4.78, 5) is 13.9. The van der Waals surface area contributed by atoms with Gasteiger partial charge in [0, 0.05) is 23.6 Å². The average Bonchev–Trinajstić information content (AvgIpc) is 2.37. The van der Waals surface area contributed by atoms with Crippen LogP contribution in [0.2, 0.25) is 0 Å². The maximum Gasteiger partial charge on any atom is 0.257 e. The number of sulfonamides is 1. The van der Waals surface area contributed by atoms with Crippen LogP contribution in [-0.4, -0.2) is 44.6 Å². The van der Waals surface area contributed by atoms with Crippen LogP contribution in [0.25, 0.3) is 0 Å². The van der Waals surface area contributed by atoms with Gasteiger partial charge >= 0.3 is 0 Å². The molecular weight excluding hydrogens is 363 g/mol. The topological polar surface area (TPSA) is 66.5 Å². The van der Waals surface area contributed by atoms with E-state index < -0.39 is 15.8 Å². The van der Waals surface area contributed by atoms with Crippen molar-refractivity contribution in [3.8, 4) is 0 Å². The minimum Gasteiger partial charge on any atom is -0.338 e. The molecule has 1 saturated heterocycles. The third-order valence-corrected chi connectivity index (χ3v) is 4.76. The Morgan fingerprint density at radius 2 is 2.00 bits per heavy atom. The molecule has 1 aromatic carbocycles. The van der Waals surface area contributed by atoms with Gasteiger partial charge in [0.05, 0.1) is 11.8 Å². The molecular formula is C13H16BrFN2O3S. The van der Waals surface area contributed by atoms with Gasteiger partial charge in [0.2, 0.25) is 10.0 Å². The van der Waals surface area contributed by atoms with Crippen LogP contribution in [0.5, 0.6) is 0 Å². The summed E-state index contributed by atoms with van der Waals surface area (Å²) in [6, 6.07) is 4.22. The molecule has 0 radical (unpaired) electrons. The molecule has 1 aliphatic heterocycles. The number of halogens is 2. The number of nitrogens with one attached hydrogen (secondary N) is 1. The number of hydrogen-bond donors (Lipinski definition) is 1. The van der Waals surface area contributed by atoms with Crippen LogP contribution in [0.15, 0.2) is 22.7 Å². The molecule has 0 spiro atoms. The van der Waals surface area contributed by atoms with Crippen LogP contribution in [0.4, 0.5) is 4.39 Å². The number of carbonyl (C=O) groups is 1. The van der Waals surface area contributed by atoms with Crippen LogP contribution in [0.3, 0.4) is 0 Å². The third kappa shape index (κ3) is 4.24. The highest BCUT2D eigenvalue weighted by molar-refractivity contribution is 9.10. The highest BCUT2D eigenvalue weighted by atomic mass is 79.9. The van der Waals surface area contributed by atoms with Gasteiger partial charge in [0.15, 0.2) is 0 Å². The van der Waals surface area contributed by atoms with E-state index in [2.05, 4.69) is 20.7 Å². The number of amides is 1. The van der Waals surface area contributed by atoms with Crippen LogP contribution >= 0.6 is 15.9 Å². The molecule has 1 N–H and O–H groups in total. The molecule has 21 heavy (non-hydrogen) atoms. The molecule has 1 aliphatic rings. The van der Waals surface area contributed by atoms with Crippen LogP contribution in [-0.2, 0) is 10.0 Å². The first-order chi connectivity index (χ1) is 9.78. The fraction of sp³-hybridized carbons (Fsp3) is 0.462. The summed E-state index contributed by atoms with van der Waals surface area (Å²) >= 11 is 3.19. The van der Waals surface area contributed by atoms with Crippen molar-refractivity contribution >= 4 is 31.9 Å². The van der Waals surface area contributed by atoms with Gasteiger partial charge in [-0.3, -0.25) is 4.79 Å². The van der Waals surface area contributed by atoms with Gasteiger partial charge in [-0.2, -0.15) is 0 Å². The summed E-state index contributed by atoms with van der Waals surface area (Å²) in [7, 11) is -3.25. The summed E-state index contributed by atoms with van der Waals surface area (Å²) in [6.07, 6.45) is 2.15. The van der Waals surface area contributed by atoms with Crippen molar-refractivity contribution in [1.82, 2.24) is 9.62 Å². The highest BCUT2D eigenvalue weighted by Crippen LogP contribution is 2.23. The monoisotopic (exact) mass is 378 g/mol. The zero-order valence-corrected chi connectivity index (χ0v) is 13.9. The quantitative estimate of drug-likeness (QED) is 0.870. The second-order valence-corrected chi connectivity index (χ2v) is 7.69. The molecule has 0 saturated carbocycles. The van der Waals surface area contributed by atoms with Crippen molar-refractivity contribution in [2.24, 2.45) is 0 Å². The molecule has 1 aromatic rings. The lowest BCUT2D eigenvalue weighted by Crippen LogP contribution is -2.46. The third-order valence-electron chi connectivity index (χ3n) is 3.34. The smallest absolute Gasteiger partial charge is 0.257 e. The molecule has 5 nitrogen and oxygen atoms in total. The van der Waals surface area contributed by atoms with Gasteiger partial charge in [-0.25, -0.2) is 17.5 Å². The van der Waals surface area contributed by atoms with E-state index in [0.29, 0.717) is 30.4 Å². The van der Waals surface area contributed by atoms with Gasteiger partial charge in [-0.1, -0.05) is 6.07 Å². The second kappa shape index (κ2) is 6.41. The van der Waals surface area contributed by atoms with Gasteiger partial charge in [-0.15, -0.1) is 0 Å². The number of rotatable bonds is 3. The number of likely N-dealkylation sites (tertiary alicyclic amines) is 1. The van der Waals surface area contributed by atoms with E-state index in [4.69, 9.17) is 0 Å². The summed E-state index contributed by atoms with van der Waals surface area (Å²) in [5, 5.41) is 0. The number of nitrogens with zero attached hydrogens (tertiary/aromatic N) is 1. The standard InChI is InChI=1S/C13H16BrFN2O3S/c1-21(19,20)16-9-5-7-17(8-6-9)13(18)12-10(14)3-2-4-11(12)15/h2-4,9,16H,5-8H2,1H3. The van der Waals surface area contributed by atoms with E-state index in [0.717, 1.165) is 6.26 Å². The van der Waals surface area contributed by atoms with Crippen molar-refractivity contribution in [1.29, 1.82) is 0 Å². The number of hydrogen-bond acceptors (Lipinski definition) is 3. The van der Waals surface area contributed by atoms with E-state index in [-0.39, 0.29) is 17.5 Å². The maximum atomic E-state index is 13.8. The first kappa shape index (κ1) is 16.4. The fourth-order valence-electron chi connectivity index (χ4n) is 2.36. The molecule has 2 rings (SSSR count). The summed E-state index contributed by atoms with van der Waals surface area (Å²) < 4.78 is 39.1. The van der Waals surface area contributed by atoms with Crippen molar-refractivity contribution in [3.05, 3.63) is 34.1 Å². The number of piperidine rings is 1. The van der Waals surface area contributed by atoms with Gasteiger partial charge < -0.3 is 4.90 Å². The molecule has 0 bridgehead atoms. The number of carbonyl (C=O) groups excluding carboxylic acids is 1.